The van der Waals surface area contributed by atoms with E-state index in [1.54, 1.807) is 6.07 Å². The fourth-order valence-electron chi connectivity index (χ4n) is 2.68. The van der Waals surface area contributed by atoms with Gasteiger partial charge in [0.05, 0.1) is 5.02 Å². The first kappa shape index (κ1) is 15.0. The lowest BCUT2D eigenvalue weighted by Crippen LogP contribution is -2.20. The summed E-state index contributed by atoms with van der Waals surface area (Å²) in [6, 6.07) is 4.30. The highest BCUT2D eigenvalue weighted by Gasteiger charge is 2.21. The van der Waals surface area contributed by atoms with Crippen molar-refractivity contribution in [2.24, 2.45) is 11.8 Å². The van der Waals surface area contributed by atoms with Crippen LogP contribution in [-0.2, 0) is 4.79 Å². The lowest BCUT2D eigenvalue weighted by Gasteiger charge is -2.26. The second kappa shape index (κ2) is 6.89. The molecule has 0 heterocycles. The minimum Gasteiger partial charge on any atom is -0.326 e. The molecule has 1 aromatic rings. The summed E-state index contributed by atoms with van der Waals surface area (Å²) >= 11 is 5.60. The average molecular weight is 296 g/mol. The van der Waals surface area contributed by atoms with Gasteiger partial charge in [0.25, 0.3) is 0 Å². The monoisotopic (exact) mass is 295 g/mol. The molecule has 20 heavy (non-hydrogen) atoms. The Hall–Kier alpha value is -1.35. The first-order valence-electron chi connectivity index (χ1n) is 6.96. The maximum absolute atomic E-state index is 13.3. The Labute approximate surface area is 124 Å². The molecule has 0 spiro atoms. The van der Waals surface area contributed by atoms with Gasteiger partial charge in [0.15, 0.2) is 0 Å². The van der Waals surface area contributed by atoms with Crippen LogP contribution in [0.1, 0.15) is 32.1 Å². The van der Waals surface area contributed by atoms with E-state index < -0.39 is 5.82 Å². The third-order valence-electron chi connectivity index (χ3n) is 3.90. The van der Waals surface area contributed by atoms with E-state index in [1.807, 2.05) is 6.08 Å². The van der Waals surface area contributed by atoms with Gasteiger partial charge in [0, 0.05) is 12.1 Å². The molecular weight excluding hydrogens is 277 g/mol. The fraction of sp³-hybridized carbons (Fsp3) is 0.438. The van der Waals surface area contributed by atoms with Crippen LogP contribution in [0.25, 0.3) is 0 Å². The molecule has 1 aliphatic rings. The first-order chi connectivity index (χ1) is 9.58. The number of carbonyl (C=O) groups excluding carboxylic acids is 1. The normalized spacial score (nSPS) is 22.3. The topological polar surface area (TPSA) is 29.1 Å². The second-order valence-corrected chi connectivity index (χ2v) is 5.80. The van der Waals surface area contributed by atoms with Crippen molar-refractivity contribution in [2.45, 2.75) is 32.1 Å². The van der Waals surface area contributed by atoms with E-state index in [0.29, 0.717) is 23.9 Å². The SMILES string of the molecule is C=CC1CCC(CC(=O)Nc2ccc(Cl)c(F)c2)CC1. The maximum atomic E-state index is 13.3. The van der Waals surface area contributed by atoms with Gasteiger partial charge < -0.3 is 5.32 Å². The van der Waals surface area contributed by atoms with Crippen molar-refractivity contribution >= 4 is 23.2 Å². The third-order valence-corrected chi connectivity index (χ3v) is 4.21. The van der Waals surface area contributed by atoms with Gasteiger partial charge in [0.1, 0.15) is 5.82 Å². The molecule has 1 fully saturated rings. The van der Waals surface area contributed by atoms with Crippen LogP contribution in [0.5, 0.6) is 0 Å². The lowest BCUT2D eigenvalue weighted by atomic mass is 9.80. The number of hydrogen-bond donors (Lipinski definition) is 1. The molecule has 1 N–H and O–H groups in total. The number of anilines is 1. The smallest absolute Gasteiger partial charge is 0.224 e. The molecule has 0 saturated heterocycles. The minimum atomic E-state index is -0.518. The Morgan fingerprint density at radius 2 is 2.10 bits per heavy atom. The molecule has 1 amide bonds. The number of halogens is 2. The van der Waals surface area contributed by atoms with E-state index >= 15 is 0 Å². The van der Waals surface area contributed by atoms with Crippen molar-refractivity contribution in [1.82, 2.24) is 0 Å². The summed E-state index contributed by atoms with van der Waals surface area (Å²) in [6.07, 6.45) is 6.83. The molecule has 0 atom stereocenters. The van der Waals surface area contributed by atoms with Crippen LogP contribution in [0.15, 0.2) is 30.9 Å². The number of nitrogens with one attached hydrogen (secondary N) is 1. The Morgan fingerprint density at radius 3 is 2.70 bits per heavy atom. The summed E-state index contributed by atoms with van der Waals surface area (Å²) in [5, 5.41) is 2.79. The van der Waals surface area contributed by atoms with Crippen LogP contribution >= 0.6 is 11.6 Å². The zero-order valence-electron chi connectivity index (χ0n) is 11.4. The zero-order valence-corrected chi connectivity index (χ0v) is 12.1. The molecular formula is C16H19ClFNO. The van der Waals surface area contributed by atoms with Crippen molar-refractivity contribution in [3.05, 3.63) is 41.7 Å². The zero-order chi connectivity index (χ0) is 14.5. The van der Waals surface area contributed by atoms with E-state index in [-0.39, 0.29) is 10.9 Å². The summed E-state index contributed by atoms with van der Waals surface area (Å²) in [7, 11) is 0. The second-order valence-electron chi connectivity index (χ2n) is 5.40. The molecule has 0 unspecified atom stereocenters. The molecule has 0 radical (unpaired) electrons. The molecule has 108 valence electrons. The van der Waals surface area contributed by atoms with Crippen molar-refractivity contribution in [3.8, 4) is 0 Å². The molecule has 0 bridgehead atoms. The highest BCUT2D eigenvalue weighted by Crippen LogP contribution is 2.31. The average Bonchev–Trinajstić information content (AvgIpc) is 2.44. The molecule has 1 aromatic carbocycles. The molecule has 1 saturated carbocycles. The highest BCUT2D eigenvalue weighted by molar-refractivity contribution is 6.30. The van der Waals surface area contributed by atoms with Gasteiger partial charge in [-0.15, -0.1) is 6.58 Å². The van der Waals surface area contributed by atoms with E-state index in [2.05, 4.69) is 11.9 Å². The largest absolute Gasteiger partial charge is 0.326 e. The van der Waals surface area contributed by atoms with E-state index in [4.69, 9.17) is 11.6 Å². The minimum absolute atomic E-state index is 0.0609. The van der Waals surface area contributed by atoms with Gasteiger partial charge in [-0.1, -0.05) is 17.7 Å². The third kappa shape index (κ3) is 4.07. The number of carbonyl (C=O) groups is 1. The summed E-state index contributed by atoms with van der Waals surface area (Å²) in [6.45, 7) is 3.82. The van der Waals surface area contributed by atoms with Crippen LogP contribution in [0.3, 0.4) is 0 Å². The van der Waals surface area contributed by atoms with Crippen LogP contribution in [0.4, 0.5) is 10.1 Å². The van der Waals surface area contributed by atoms with Crippen molar-refractivity contribution in [2.75, 3.05) is 5.32 Å². The highest BCUT2D eigenvalue weighted by atomic mass is 35.5. The summed E-state index contributed by atoms with van der Waals surface area (Å²) < 4.78 is 13.3. The van der Waals surface area contributed by atoms with Crippen LogP contribution < -0.4 is 5.32 Å². The van der Waals surface area contributed by atoms with Gasteiger partial charge in [0.2, 0.25) is 5.91 Å². The molecule has 1 aliphatic carbocycles. The summed E-state index contributed by atoms with van der Waals surface area (Å²) in [4.78, 5) is 11.9. The summed E-state index contributed by atoms with van der Waals surface area (Å²) in [5.74, 6) is 0.438. The number of rotatable bonds is 4. The number of benzene rings is 1. The molecule has 0 aromatic heterocycles. The van der Waals surface area contributed by atoms with Gasteiger partial charge in [-0.3, -0.25) is 4.79 Å². The van der Waals surface area contributed by atoms with Crippen LogP contribution in [0, 0.1) is 17.7 Å². The predicted octanol–water partition coefficient (Wildman–Crippen LogP) is 4.80. The quantitative estimate of drug-likeness (QED) is 0.794. The Kier molecular flexibility index (Phi) is 5.18. The fourth-order valence-corrected chi connectivity index (χ4v) is 2.79. The van der Waals surface area contributed by atoms with Gasteiger partial charge in [-0.2, -0.15) is 0 Å². The number of allylic oxidation sites excluding steroid dienone is 1. The van der Waals surface area contributed by atoms with Crippen molar-refractivity contribution < 1.29 is 9.18 Å². The van der Waals surface area contributed by atoms with E-state index in [9.17, 15) is 9.18 Å². The van der Waals surface area contributed by atoms with Crippen LogP contribution in [-0.4, -0.2) is 5.91 Å². The Balaban J connectivity index is 1.83. The number of amides is 1. The van der Waals surface area contributed by atoms with Crippen molar-refractivity contribution in [3.63, 3.8) is 0 Å². The Bertz CT molecular complexity index is 495. The van der Waals surface area contributed by atoms with Gasteiger partial charge >= 0.3 is 0 Å². The summed E-state index contributed by atoms with van der Waals surface area (Å²) in [5.41, 5.74) is 0.455. The predicted molar refractivity (Wildman–Crippen MR) is 80.3 cm³/mol. The van der Waals surface area contributed by atoms with Crippen molar-refractivity contribution in [1.29, 1.82) is 0 Å². The molecule has 2 nitrogen and oxygen atoms in total. The molecule has 4 heteroatoms. The van der Waals surface area contributed by atoms with E-state index in [1.165, 1.54) is 12.1 Å². The maximum Gasteiger partial charge on any atom is 0.224 e. The van der Waals surface area contributed by atoms with Gasteiger partial charge in [-0.25, -0.2) is 4.39 Å². The molecule has 2 rings (SSSR count). The molecule has 0 aliphatic heterocycles. The first-order valence-corrected chi connectivity index (χ1v) is 7.33. The Morgan fingerprint density at radius 1 is 1.40 bits per heavy atom. The standard InChI is InChI=1S/C16H19ClFNO/c1-2-11-3-5-12(6-4-11)9-16(20)19-13-7-8-14(17)15(18)10-13/h2,7-8,10-12H,1,3-6,9H2,(H,19,20). The number of hydrogen-bond acceptors (Lipinski definition) is 1. The van der Waals surface area contributed by atoms with Gasteiger partial charge in [-0.05, 0) is 55.7 Å². The lowest BCUT2D eigenvalue weighted by molar-refractivity contribution is -0.117. The van der Waals surface area contributed by atoms with E-state index in [0.717, 1.165) is 25.7 Å². The van der Waals surface area contributed by atoms with Crippen LogP contribution in [0.2, 0.25) is 5.02 Å².